The van der Waals surface area contributed by atoms with Gasteiger partial charge < -0.3 is 4.90 Å². The van der Waals surface area contributed by atoms with Crippen molar-refractivity contribution in [2.45, 2.75) is 26.8 Å². The molecule has 1 aromatic rings. The van der Waals surface area contributed by atoms with Gasteiger partial charge in [0.15, 0.2) is 6.29 Å². The molecule has 0 aliphatic carbocycles. The first-order chi connectivity index (χ1) is 8.54. The number of hydrogen-bond donors (Lipinski definition) is 0. The fourth-order valence-electron chi connectivity index (χ4n) is 2.63. The average Bonchev–Trinajstić information content (AvgIpc) is 2.63. The van der Waals surface area contributed by atoms with Gasteiger partial charge in [0, 0.05) is 39.3 Å². The summed E-state index contributed by atoms with van der Waals surface area (Å²) in [5, 5.41) is 4.34. The Kier molecular flexibility index (Phi) is 3.71. The van der Waals surface area contributed by atoms with E-state index in [9.17, 15) is 4.79 Å². The maximum Gasteiger partial charge on any atom is 0.155 e. The first-order valence-electron chi connectivity index (χ1n) is 6.52. The van der Waals surface area contributed by atoms with E-state index in [0.717, 1.165) is 49.5 Å². The second-order valence-corrected chi connectivity index (χ2v) is 5.18. The number of nitrogens with zero attached hydrogens (tertiary/aromatic N) is 4. The Morgan fingerprint density at radius 3 is 2.33 bits per heavy atom. The third-order valence-electron chi connectivity index (χ3n) is 3.70. The molecule has 5 nitrogen and oxygen atoms in total. The molecule has 2 heterocycles. The Morgan fingerprint density at radius 2 is 1.83 bits per heavy atom. The van der Waals surface area contributed by atoms with Gasteiger partial charge in [-0.2, -0.15) is 5.10 Å². The lowest BCUT2D eigenvalue weighted by molar-refractivity contribution is 0.112. The summed E-state index contributed by atoms with van der Waals surface area (Å²) in [5.41, 5.74) is 1.55. The number of rotatable bonds is 3. The van der Waals surface area contributed by atoms with Crippen LogP contribution < -0.4 is 4.90 Å². The number of carbonyl (C=O) groups excluding carboxylic acids is 1. The van der Waals surface area contributed by atoms with E-state index in [1.165, 1.54) is 0 Å². The number of aryl methyl sites for hydroxylation is 2. The first kappa shape index (κ1) is 13.1. The van der Waals surface area contributed by atoms with E-state index in [1.807, 2.05) is 18.7 Å². The number of hydrogen-bond acceptors (Lipinski definition) is 4. The average molecular weight is 250 g/mol. The van der Waals surface area contributed by atoms with E-state index in [-0.39, 0.29) is 0 Å². The second kappa shape index (κ2) is 5.10. The normalized spacial score (nSPS) is 17.5. The minimum absolute atomic E-state index is 0.589. The summed E-state index contributed by atoms with van der Waals surface area (Å²) in [6.45, 7) is 10.3. The van der Waals surface area contributed by atoms with Gasteiger partial charge in [-0.1, -0.05) is 0 Å². The fraction of sp³-hybridized carbons (Fsp3) is 0.692. The number of carbonyl (C=O) groups is 1. The molecule has 18 heavy (non-hydrogen) atoms. The topological polar surface area (TPSA) is 41.4 Å². The summed E-state index contributed by atoms with van der Waals surface area (Å²) in [6.07, 6.45) is 0.923. The summed E-state index contributed by atoms with van der Waals surface area (Å²) in [4.78, 5) is 15.9. The van der Waals surface area contributed by atoms with E-state index < -0.39 is 0 Å². The minimum atomic E-state index is 0.589. The van der Waals surface area contributed by atoms with Gasteiger partial charge >= 0.3 is 0 Å². The summed E-state index contributed by atoms with van der Waals surface area (Å²) in [7, 11) is 1.91. The van der Waals surface area contributed by atoms with Gasteiger partial charge in [-0.15, -0.1) is 0 Å². The van der Waals surface area contributed by atoms with Crippen LogP contribution in [0.3, 0.4) is 0 Å². The Balaban J connectivity index is 2.17. The molecule has 0 saturated carbocycles. The third-order valence-corrected chi connectivity index (χ3v) is 3.70. The molecule has 100 valence electrons. The van der Waals surface area contributed by atoms with Crippen molar-refractivity contribution in [2.75, 3.05) is 31.1 Å². The minimum Gasteiger partial charge on any atom is -0.354 e. The highest BCUT2D eigenvalue weighted by Gasteiger charge is 2.24. The van der Waals surface area contributed by atoms with Crippen LogP contribution in [0.1, 0.15) is 29.9 Å². The number of piperazine rings is 1. The molecule has 1 aliphatic rings. The van der Waals surface area contributed by atoms with Crippen molar-refractivity contribution >= 4 is 12.1 Å². The predicted molar refractivity (Wildman–Crippen MR) is 72.3 cm³/mol. The van der Waals surface area contributed by atoms with Gasteiger partial charge in [0.25, 0.3) is 0 Å². The molecule has 1 aromatic heterocycles. The Hall–Kier alpha value is -1.36. The lowest BCUT2D eigenvalue weighted by atomic mass is 10.2. The second-order valence-electron chi connectivity index (χ2n) is 5.18. The molecule has 0 aromatic carbocycles. The van der Waals surface area contributed by atoms with Crippen molar-refractivity contribution in [1.29, 1.82) is 0 Å². The highest BCUT2D eigenvalue weighted by Crippen LogP contribution is 2.23. The van der Waals surface area contributed by atoms with Gasteiger partial charge in [0.2, 0.25) is 0 Å². The van der Waals surface area contributed by atoms with Crippen LogP contribution in [0.5, 0.6) is 0 Å². The maximum atomic E-state index is 11.2. The van der Waals surface area contributed by atoms with E-state index in [1.54, 1.807) is 0 Å². The van der Waals surface area contributed by atoms with Crippen molar-refractivity contribution in [3.63, 3.8) is 0 Å². The van der Waals surface area contributed by atoms with Gasteiger partial charge in [0.05, 0.1) is 11.3 Å². The monoisotopic (exact) mass is 250 g/mol. The van der Waals surface area contributed by atoms with Crippen LogP contribution in [0.2, 0.25) is 0 Å². The van der Waals surface area contributed by atoms with Crippen LogP contribution in [0.25, 0.3) is 0 Å². The molecular formula is C13H22N4O. The van der Waals surface area contributed by atoms with Crippen LogP contribution in [0.15, 0.2) is 0 Å². The molecular weight excluding hydrogens is 228 g/mol. The molecule has 2 rings (SSSR count). The number of aromatic nitrogens is 2. The van der Waals surface area contributed by atoms with E-state index in [4.69, 9.17) is 0 Å². The number of anilines is 1. The molecule has 5 heteroatoms. The summed E-state index contributed by atoms with van der Waals surface area (Å²) < 4.78 is 1.82. The van der Waals surface area contributed by atoms with Gasteiger partial charge in [-0.25, -0.2) is 0 Å². The highest BCUT2D eigenvalue weighted by molar-refractivity contribution is 5.84. The molecule has 1 aliphatic heterocycles. The lowest BCUT2D eigenvalue weighted by Crippen LogP contribution is -2.49. The van der Waals surface area contributed by atoms with Crippen LogP contribution in [-0.4, -0.2) is 53.2 Å². The Bertz CT molecular complexity index is 430. The first-order valence-corrected chi connectivity index (χ1v) is 6.52. The molecule has 1 fully saturated rings. The lowest BCUT2D eigenvalue weighted by Gasteiger charge is -2.38. The van der Waals surface area contributed by atoms with Crippen molar-refractivity contribution in [3.05, 3.63) is 11.3 Å². The van der Waals surface area contributed by atoms with Crippen molar-refractivity contribution in [2.24, 2.45) is 7.05 Å². The van der Waals surface area contributed by atoms with Gasteiger partial charge in [0.1, 0.15) is 5.82 Å². The fourth-order valence-corrected chi connectivity index (χ4v) is 2.63. The summed E-state index contributed by atoms with van der Waals surface area (Å²) in [6, 6.07) is 0.589. The van der Waals surface area contributed by atoms with E-state index in [0.29, 0.717) is 6.04 Å². The van der Waals surface area contributed by atoms with E-state index >= 15 is 0 Å². The van der Waals surface area contributed by atoms with Crippen LogP contribution in [0, 0.1) is 6.92 Å². The molecule has 0 spiro atoms. The van der Waals surface area contributed by atoms with Crippen LogP contribution >= 0.6 is 0 Å². The standard InChI is InChI=1S/C13H22N4O/c1-10(2)16-5-7-17(8-6-16)13-12(9-18)11(3)14-15(13)4/h9-10H,5-8H2,1-4H3. The number of aldehydes is 1. The van der Waals surface area contributed by atoms with E-state index in [2.05, 4.69) is 28.7 Å². The van der Waals surface area contributed by atoms with Crippen molar-refractivity contribution < 1.29 is 4.79 Å². The van der Waals surface area contributed by atoms with Gasteiger partial charge in [-0.3, -0.25) is 14.4 Å². The zero-order chi connectivity index (χ0) is 13.3. The Labute approximate surface area is 108 Å². The molecule has 0 amide bonds. The van der Waals surface area contributed by atoms with Crippen LogP contribution in [0.4, 0.5) is 5.82 Å². The smallest absolute Gasteiger partial charge is 0.155 e. The molecule has 0 bridgehead atoms. The summed E-state index contributed by atoms with van der Waals surface area (Å²) in [5.74, 6) is 0.964. The quantitative estimate of drug-likeness (QED) is 0.753. The zero-order valence-corrected chi connectivity index (χ0v) is 11.7. The van der Waals surface area contributed by atoms with Crippen molar-refractivity contribution in [1.82, 2.24) is 14.7 Å². The largest absolute Gasteiger partial charge is 0.354 e. The van der Waals surface area contributed by atoms with Gasteiger partial charge in [-0.05, 0) is 20.8 Å². The summed E-state index contributed by atoms with van der Waals surface area (Å²) >= 11 is 0. The third kappa shape index (κ3) is 2.27. The Morgan fingerprint density at radius 1 is 1.22 bits per heavy atom. The highest BCUT2D eigenvalue weighted by atomic mass is 16.1. The van der Waals surface area contributed by atoms with Crippen molar-refractivity contribution in [3.8, 4) is 0 Å². The molecule has 0 N–H and O–H groups in total. The SMILES string of the molecule is Cc1nn(C)c(N2CCN(C(C)C)CC2)c1C=O. The molecule has 0 radical (unpaired) electrons. The molecule has 1 saturated heterocycles. The molecule has 0 unspecified atom stereocenters. The molecule has 0 atom stereocenters. The van der Waals surface area contributed by atoms with Crippen LogP contribution in [-0.2, 0) is 7.05 Å². The zero-order valence-electron chi connectivity index (χ0n) is 11.7. The predicted octanol–water partition coefficient (Wildman–Crippen LogP) is 1.07. The maximum absolute atomic E-state index is 11.2.